The van der Waals surface area contributed by atoms with Gasteiger partial charge in [0.15, 0.2) is 28.8 Å². The van der Waals surface area contributed by atoms with Gasteiger partial charge >= 0.3 is 6.03 Å². The van der Waals surface area contributed by atoms with Crippen molar-refractivity contribution in [1.29, 1.82) is 0 Å². The maximum absolute atomic E-state index is 15.3. The zero-order valence-corrected chi connectivity index (χ0v) is 40.1. The lowest BCUT2D eigenvalue weighted by molar-refractivity contribution is -0.129. The molecule has 1 aliphatic heterocycles. The second-order valence-corrected chi connectivity index (χ2v) is 17.8. The molecular weight excluding hydrogens is 925 g/mol. The lowest BCUT2D eigenvalue weighted by Gasteiger charge is -2.34. The SMILES string of the molecule is Cc1cccc(NC(=O)NC2C(=O)N(Cc3nnn(C(c4ccccc4)(c4ccccc4)c4ccccc4)n3)c3ccccc3N(Cc3nnn(C(c4ccccc4)(c4ccccc4)c4ccccc4)n3)C2=O)c1. The van der Waals surface area contributed by atoms with E-state index >= 15 is 9.59 Å². The number of nitrogens with one attached hydrogen (secondary N) is 2. The Morgan fingerprint density at radius 3 is 1.14 bits per heavy atom. The topological polar surface area (TPSA) is 169 Å². The average molecular weight is 973 g/mol. The summed E-state index contributed by atoms with van der Waals surface area (Å²) in [4.78, 5) is 50.7. The Labute approximate surface area is 426 Å². The van der Waals surface area contributed by atoms with Crippen molar-refractivity contribution in [1.82, 2.24) is 45.7 Å². The Bertz CT molecular complexity index is 3160. The highest BCUT2D eigenvalue weighted by atomic mass is 16.2. The molecular formula is C59H48N12O3. The van der Waals surface area contributed by atoms with Crippen LogP contribution < -0.4 is 20.4 Å². The molecule has 0 aliphatic carbocycles. The highest BCUT2D eigenvalue weighted by Crippen LogP contribution is 2.42. The molecule has 15 nitrogen and oxygen atoms in total. The van der Waals surface area contributed by atoms with Crippen LogP contribution in [-0.2, 0) is 33.8 Å². The molecule has 10 aromatic rings. The van der Waals surface area contributed by atoms with Gasteiger partial charge < -0.3 is 20.4 Å². The van der Waals surface area contributed by atoms with Gasteiger partial charge in [-0.05, 0) is 80.6 Å². The minimum Gasteiger partial charge on any atom is -0.318 e. The van der Waals surface area contributed by atoms with Crippen molar-refractivity contribution in [3.63, 3.8) is 0 Å². The van der Waals surface area contributed by atoms with E-state index in [0.29, 0.717) is 17.1 Å². The van der Waals surface area contributed by atoms with E-state index < -0.39 is 35.0 Å². The van der Waals surface area contributed by atoms with Gasteiger partial charge in [-0.15, -0.1) is 30.0 Å². The fraction of sp³-hybridized carbons (Fsp3) is 0.102. The maximum atomic E-state index is 15.3. The number of urea groups is 1. The van der Waals surface area contributed by atoms with Crippen LogP contribution in [-0.4, -0.2) is 64.3 Å². The highest BCUT2D eigenvalue weighted by molar-refractivity contribution is 6.21. The molecule has 0 bridgehead atoms. The molecule has 8 aromatic carbocycles. The van der Waals surface area contributed by atoms with Crippen molar-refractivity contribution >= 4 is 34.9 Å². The molecule has 4 amide bonds. The molecule has 0 unspecified atom stereocenters. The van der Waals surface area contributed by atoms with Crippen LogP contribution in [0.1, 0.15) is 50.6 Å². The van der Waals surface area contributed by atoms with Crippen molar-refractivity contribution in [3.05, 3.63) is 281 Å². The number of nitrogens with zero attached hydrogens (tertiary/aromatic N) is 10. The van der Waals surface area contributed by atoms with Gasteiger partial charge in [-0.25, -0.2) is 4.79 Å². The zero-order valence-electron chi connectivity index (χ0n) is 40.1. The summed E-state index contributed by atoms with van der Waals surface area (Å²) < 4.78 is 0. The van der Waals surface area contributed by atoms with Crippen LogP contribution in [0.25, 0.3) is 0 Å². The number of amides is 4. The standard InChI is InChI=1S/C59H48N12O3/c1-42-23-22-36-49(39-42)60-57(74)61-54-55(72)68(40-52-62-66-70(64-52)58(43-24-8-2-9-25-43,44-26-10-3-11-27-44)45-28-12-4-13-29-45)50-37-20-21-38-51(50)69(56(54)73)41-53-63-67-71(65-53)59(46-30-14-5-15-31-46,47-32-16-6-17-33-47)48-34-18-7-19-35-48/h2-39,54H,40-41H2,1H3,(H2,60,61,74). The number of benzene rings is 8. The van der Waals surface area contributed by atoms with Crippen LogP contribution in [0, 0.1) is 6.92 Å². The molecule has 0 saturated carbocycles. The van der Waals surface area contributed by atoms with Crippen molar-refractivity contribution in [2.24, 2.45) is 0 Å². The fourth-order valence-electron chi connectivity index (χ4n) is 10.00. The van der Waals surface area contributed by atoms with Crippen molar-refractivity contribution in [2.45, 2.75) is 37.1 Å². The second-order valence-electron chi connectivity index (χ2n) is 17.8. The van der Waals surface area contributed by atoms with Crippen molar-refractivity contribution in [2.75, 3.05) is 15.1 Å². The summed E-state index contributed by atoms with van der Waals surface area (Å²) in [5, 5.41) is 34.4. The van der Waals surface area contributed by atoms with E-state index in [0.717, 1.165) is 38.9 Å². The first-order valence-electron chi connectivity index (χ1n) is 24.1. The number of rotatable bonds is 14. The van der Waals surface area contributed by atoms with Crippen molar-refractivity contribution < 1.29 is 14.4 Å². The number of tetrazole rings is 2. The Kier molecular flexibility index (Phi) is 12.6. The Balaban J connectivity index is 1.01. The minimum absolute atomic E-state index is 0.174. The summed E-state index contributed by atoms with van der Waals surface area (Å²) in [6.45, 7) is 1.44. The lowest BCUT2D eigenvalue weighted by atomic mass is 9.77. The number of carbonyl (C=O) groups excluding carboxylic acids is 3. The zero-order chi connectivity index (χ0) is 50.5. The number of carbonyl (C=O) groups is 3. The number of hydrogen-bond acceptors (Lipinski definition) is 9. The van der Waals surface area contributed by atoms with Crippen LogP contribution in [0.15, 0.2) is 231 Å². The molecule has 2 N–H and O–H groups in total. The van der Waals surface area contributed by atoms with Crippen LogP contribution in [0.3, 0.4) is 0 Å². The second kappa shape index (κ2) is 20.1. The van der Waals surface area contributed by atoms with Crippen LogP contribution in [0.2, 0.25) is 0 Å². The third-order valence-corrected chi connectivity index (χ3v) is 13.3. The third kappa shape index (κ3) is 8.51. The van der Waals surface area contributed by atoms with E-state index in [1.54, 1.807) is 52.1 Å². The van der Waals surface area contributed by atoms with Crippen LogP contribution in [0.4, 0.5) is 21.9 Å². The number of fused-ring (bicyclic) bond motifs is 1. The Morgan fingerprint density at radius 1 is 0.459 bits per heavy atom. The molecule has 3 heterocycles. The molecule has 2 aromatic heterocycles. The predicted octanol–water partition coefficient (Wildman–Crippen LogP) is 8.92. The van der Waals surface area contributed by atoms with Gasteiger partial charge in [0.25, 0.3) is 11.8 Å². The monoisotopic (exact) mass is 972 g/mol. The van der Waals surface area contributed by atoms with E-state index in [4.69, 9.17) is 20.6 Å². The summed E-state index contributed by atoms with van der Waals surface area (Å²) in [7, 11) is 0. The van der Waals surface area contributed by atoms with Gasteiger partial charge in [-0.1, -0.05) is 206 Å². The minimum atomic E-state index is -1.74. The highest BCUT2D eigenvalue weighted by Gasteiger charge is 2.45. The summed E-state index contributed by atoms with van der Waals surface area (Å²) in [5.74, 6) is -1.11. The van der Waals surface area contributed by atoms with Crippen LogP contribution >= 0.6 is 0 Å². The molecule has 15 heteroatoms. The molecule has 0 saturated heterocycles. The molecule has 0 atom stereocenters. The summed E-state index contributed by atoms with van der Waals surface area (Å²) in [6.07, 6.45) is 0. The summed E-state index contributed by atoms with van der Waals surface area (Å²) >= 11 is 0. The van der Waals surface area contributed by atoms with Gasteiger partial charge in [0.05, 0.1) is 24.5 Å². The first-order chi connectivity index (χ1) is 36.3. The van der Waals surface area contributed by atoms with E-state index in [2.05, 4.69) is 20.8 Å². The maximum Gasteiger partial charge on any atom is 0.320 e. The Morgan fingerprint density at radius 2 is 0.797 bits per heavy atom. The van der Waals surface area contributed by atoms with E-state index in [9.17, 15) is 4.79 Å². The molecule has 0 spiro atoms. The number of aromatic nitrogens is 8. The first kappa shape index (κ1) is 46.5. The van der Waals surface area contributed by atoms with E-state index in [1.807, 2.05) is 195 Å². The van der Waals surface area contributed by atoms with Crippen LogP contribution in [0.5, 0.6) is 0 Å². The number of para-hydroxylation sites is 2. The smallest absolute Gasteiger partial charge is 0.318 e. The third-order valence-electron chi connectivity index (χ3n) is 13.3. The van der Waals surface area contributed by atoms with Gasteiger partial charge in [-0.3, -0.25) is 9.59 Å². The van der Waals surface area contributed by atoms with Gasteiger partial charge in [0, 0.05) is 5.69 Å². The Hall–Kier alpha value is -9.89. The van der Waals surface area contributed by atoms with E-state index in [1.165, 1.54) is 9.80 Å². The summed E-state index contributed by atoms with van der Waals surface area (Å²) in [6, 6.07) is 71.3. The van der Waals surface area contributed by atoms with Gasteiger partial charge in [0.2, 0.25) is 0 Å². The normalized spacial score (nSPS) is 13.0. The quantitative estimate of drug-likeness (QED) is 0.0799. The lowest BCUT2D eigenvalue weighted by Crippen LogP contribution is -2.56. The largest absolute Gasteiger partial charge is 0.320 e. The van der Waals surface area contributed by atoms with E-state index in [-0.39, 0.29) is 24.7 Å². The summed E-state index contributed by atoms with van der Waals surface area (Å²) in [5.41, 5.74) is 5.16. The molecule has 0 radical (unpaired) electrons. The predicted molar refractivity (Wildman–Crippen MR) is 281 cm³/mol. The molecule has 362 valence electrons. The molecule has 74 heavy (non-hydrogen) atoms. The molecule has 1 aliphatic rings. The number of aryl methyl sites for hydroxylation is 1. The average Bonchev–Trinajstić information content (AvgIpc) is 4.14. The van der Waals surface area contributed by atoms with Crippen molar-refractivity contribution in [3.8, 4) is 0 Å². The molecule has 0 fully saturated rings. The number of hydrogen-bond donors (Lipinski definition) is 2. The molecule has 11 rings (SSSR count). The van der Waals surface area contributed by atoms with Gasteiger partial charge in [0.1, 0.15) is 0 Å². The fourth-order valence-corrected chi connectivity index (χ4v) is 10.00. The van der Waals surface area contributed by atoms with Gasteiger partial charge in [-0.2, -0.15) is 0 Å². The first-order valence-corrected chi connectivity index (χ1v) is 24.1. The number of anilines is 3.